The van der Waals surface area contributed by atoms with Crippen LogP contribution in [0.3, 0.4) is 0 Å². The molecule has 0 spiro atoms. The summed E-state index contributed by atoms with van der Waals surface area (Å²) < 4.78 is 15.9. The molecule has 0 bridgehead atoms. The highest BCUT2D eigenvalue weighted by atomic mass is 32.1. The maximum atomic E-state index is 6.69. The summed E-state index contributed by atoms with van der Waals surface area (Å²) in [7, 11) is 0. The highest BCUT2D eigenvalue weighted by Crippen LogP contribution is 2.45. The Hall–Kier alpha value is -7.41. The summed E-state index contributed by atoms with van der Waals surface area (Å²) in [5.74, 6) is 1.83. The smallest absolute Gasteiger partial charge is 0.164 e. The average Bonchev–Trinajstić information content (AvgIpc) is 3.97. The first-order chi connectivity index (χ1) is 28.2. The Labute approximate surface area is 330 Å². The van der Waals surface area contributed by atoms with Crippen LogP contribution in [0.4, 0.5) is 0 Å². The topological polar surface area (TPSA) is 65.0 Å². The van der Waals surface area contributed by atoms with Crippen LogP contribution in [0.5, 0.6) is 0 Å². The molecule has 0 saturated heterocycles. The molecular weight excluding hydrogens is 719 g/mol. The summed E-state index contributed by atoms with van der Waals surface area (Å²) in [5, 5.41) is 6.67. The number of furan rings is 2. The van der Waals surface area contributed by atoms with E-state index in [-0.39, 0.29) is 0 Å². The number of nitrogens with zero attached hydrogens (tertiary/aromatic N) is 3. The van der Waals surface area contributed by atoms with E-state index in [1.165, 1.54) is 25.7 Å². The van der Waals surface area contributed by atoms with Crippen molar-refractivity contribution in [3.8, 4) is 56.4 Å². The Bertz CT molecular complexity index is 3470. The summed E-state index contributed by atoms with van der Waals surface area (Å²) in [6, 6.07) is 60.9. The van der Waals surface area contributed by atoms with Crippen molar-refractivity contribution in [3.05, 3.63) is 176 Å². The van der Waals surface area contributed by atoms with Gasteiger partial charge in [0.2, 0.25) is 0 Å². The molecule has 0 fully saturated rings. The minimum atomic E-state index is 0.590. The van der Waals surface area contributed by atoms with E-state index in [4.69, 9.17) is 23.8 Å². The second kappa shape index (κ2) is 12.6. The number of thiophene rings is 1. The summed E-state index contributed by atoms with van der Waals surface area (Å²) in [5.41, 5.74) is 10.4. The van der Waals surface area contributed by atoms with Crippen molar-refractivity contribution >= 4 is 75.4 Å². The highest BCUT2D eigenvalue weighted by Gasteiger charge is 2.21. The van der Waals surface area contributed by atoms with Crippen molar-refractivity contribution in [1.82, 2.24) is 15.0 Å². The standard InChI is InChI=1S/C51H29N3O2S/c1-3-13-30(14-4-1)49-52-50(31-15-5-2-6-16-31)54-51(53-49)38-20-11-22-42-46(38)36-26-25-32(29-43(36)55-42)39-27-33(28-40-35-17-7-9-21-41(35)56-48(39)40)34-19-12-24-45-47(34)37-18-8-10-23-44(37)57-45/h1-29H. The van der Waals surface area contributed by atoms with Gasteiger partial charge >= 0.3 is 0 Å². The SMILES string of the molecule is c1ccc(-c2nc(-c3ccccc3)nc(-c3cccc4oc5cc(-c6cc(-c7cccc8sc9ccccc9c78)cc7c6oc6ccccc67)ccc5c34)n2)cc1. The molecule has 12 aromatic rings. The predicted octanol–water partition coefficient (Wildman–Crippen LogP) is 14.4. The molecule has 0 amide bonds. The summed E-state index contributed by atoms with van der Waals surface area (Å²) in [6.07, 6.45) is 0. The minimum absolute atomic E-state index is 0.590. The predicted molar refractivity (Wildman–Crippen MR) is 234 cm³/mol. The fraction of sp³-hybridized carbons (Fsp3) is 0. The van der Waals surface area contributed by atoms with Crippen molar-refractivity contribution in [3.63, 3.8) is 0 Å². The molecule has 4 heterocycles. The van der Waals surface area contributed by atoms with Gasteiger partial charge in [0.25, 0.3) is 0 Å². The second-order valence-electron chi connectivity index (χ2n) is 14.3. The third-order valence-corrected chi connectivity index (χ3v) is 12.1. The Morgan fingerprint density at radius 3 is 1.79 bits per heavy atom. The van der Waals surface area contributed by atoms with Crippen LogP contribution >= 0.6 is 11.3 Å². The Kier molecular flexibility index (Phi) is 7.03. The van der Waals surface area contributed by atoms with Gasteiger partial charge in [-0.25, -0.2) is 15.0 Å². The van der Waals surface area contributed by atoms with E-state index < -0.39 is 0 Å². The van der Waals surface area contributed by atoms with E-state index in [0.717, 1.165) is 77.3 Å². The highest BCUT2D eigenvalue weighted by molar-refractivity contribution is 7.25. The van der Waals surface area contributed by atoms with E-state index in [2.05, 4.69) is 91.0 Å². The van der Waals surface area contributed by atoms with Crippen LogP contribution in [0.2, 0.25) is 0 Å². The number of hydrogen-bond donors (Lipinski definition) is 0. The van der Waals surface area contributed by atoms with Crippen molar-refractivity contribution in [1.29, 1.82) is 0 Å². The van der Waals surface area contributed by atoms with Crippen molar-refractivity contribution in [2.75, 3.05) is 0 Å². The van der Waals surface area contributed by atoms with Gasteiger partial charge in [0.1, 0.15) is 22.3 Å². The lowest BCUT2D eigenvalue weighted by Gasteiger charge is -2.10. The third kappa shape index (κ3) is 5.12. The van der Waals surface area contributed by atoms with Crippen molar-refractivity contribution < 1.29 is 8.83 Å². The lowest BCUT2D eigenvalue weighted by atomic mass is 9.93. The Morgan fingerprint density at radius 2 is 0.982 bits per heavy atom. The molecule has 57 heavy (non-hydrogen) atoms. The molecular formula is C51H29N3O2S. The summed E-state index contributed by atoms with van der Waals surface area (Å²) in [4.78, 5) is 15.0. The molecule has 0 radical (unpaired) electrons. The summed E-state index contributed by atoms with van der Waals surface area (Å²) >= 11 is 1.84. The van der Waals surface area contributed by atoms with Crippen LogP contribution in [-0.4, -0.2) is 15.0 Å². The first kappa shape index (κ1) is 31.9. The number of aromatic nitrogens is 3. The zero-order chi connectivity index (χ0) is 37.5. The van der Waals surface area contributed by atoms with Crippen molar-refractivity contribution in [2.24, 2.45) is 0 Å². The zero-order valence-electron chi connectivity index (χ0n) is 30.3. The van der Waals surface area contributed by atoms with Gasteiger partial charge in [-0.05, 0) is 65.2 Å². The monoisotopic (exact) mass is 747 g/mol. The molecule has 8 aromatic carbocycles. The van der Waals surface area contributed by atoms with Gasteiger partial charge in [-0.1, -0.05) is 127 Å². The van der Waals surface area contributed by atoms with E-state index in [0.29, 0.717) is 17.5 Å². The third-order valence-electron chi connectivity index (χ3n) is 10.9. The molecule has 4 aromatic heterocycles. The van der Waals surface area contributed by atoms with Crippen LogP contribution in [0.15, 0.2) is 185 Å². The number of fused-ring (bicyclic) bond motifs is 9. The largest absolute Gasteiger partial charge is 0.456 e. The zero-order valence-corrected chi connectivity index (χ0v) is 31.1. The molecule has 0 N–H and O–H groups in total. The molecule has 266 valence electrons. The summed E-state index contributed by atoms with van der Waals surface area (Å²) in [6.45, 7) is 0. The van der Waals surface area contributed by atoms with Crippen LogP contribution in [-0.2, 0) is 0 Å². The number of rotatable bonds is 5. The molecule has 0 aliphatic heterocycles. The van der Waals surface area contributed by atoms with E-state index in [1.807, 2.05) is 96.3 Å². The lowest BCUT2D eigenvalue weighted by Crippen LogP contribution is -2.00. The number of para-hydroxylation sites is 1. The quantitative estimate of drug-likeness (QED) is 0.175. The minimum Gasteiger partial charge on any atom is -0.456 e. The van der Waals surface area contributed by atoms with Crippen LogP contribution in [0.25, 0.3) is 120 Å². The Morgan fingerprint density at radius 1 is 0.333 bits per heavy atom. The van der Waals surface area contributed by atoms with E-state index >= 15 is 0 Å². The molecule has 0 saturated carbocycles. The van der Waals surface area contributed by atoms with Gasteiger partial charge in [-0.15, -0.1) is 11.3 Å². The fourth-order valence-electron chi connectivity index (χ4n) is 8.32. The van der Waals surface area contributed by atoms with E-state index in [1.54, 1.807) is 0 Å². The van der Waals surface area contributed by atoms with E-state index in [9.17, 15) is 0 Å². The van der Waals surface area contributed by atoms with Gasteiger partial charge < -0.3 is 8.83 Å². The van der Waals surface area contributed by atoms with Crippen LogP contribution in [0, 0.1) is 0 Å². The maximum absolute atomic E-state index is 6.69. The normalized spacial score (nSPS) is 11.9. The van der Waals surface area contributed by atoms with Gasteiger partial charge in [-0.2, -0.15) is 0 Å². The van der Waals surface area contributed by atoms with Gasteiger partial charge in [0.05, 0.1) is 0 Å². The van der Waals surface area contributed by atoms with Gasteiger partial charge in [0.15, 0.2) is 17.5 Å². The van der Waals surface area contributed by atoms with Gasteiger partial charge in [0, 0.05) is 64.0 Å². The number of hydrogen-bond acceptors (Lipinski definition) is 6. The van der Waals surface area contributed by atoms with Crippen LogP contribution in [0.1, 0.15) is 0 Å². The van der Waals surface area contributed by atoms with Crippen molar-refractivity contribution in [2.45, 2.75) is 0 Å². The Balaban J connectivity index is 1.07. The first-order valence-corrected chi connectivity index (χ1v) is 19.7. The first-order valence-electron chi connectivity index (χ1n) is 18.9. The van der Waals surface area contributed by atoms with Gasteiger partial charge in [-0.3, -0.25) is 0 Å². The van der Waals surface area contributed by atoms with Crippen LogP contribution < -0.4 is 0 Å². The molecule has 0 aliphatic carbocycles. The molecule has 6 heteroatoms. The lowest BCUT2D eigenvalue weighted by molar-refractivity contribution is 0.668. The maximum Gasteiger partial charge on any atom is 0.164 e. The number of benzene rings is 8. The fourth-order valence-corrected chi connectivity index (χ4v) is 9.45. The molecule has 12 rings (SSSR count). The average molecular weight is 748 g/mol. The molecule has 5 nitrogen and oxygen atoms in total. The molecule has 0 aliphatic rings. The second-order valence-corrected chi connectivity index (χ2v) is 15.4. The molecule has 0 unspecified atom stereocenters. The molecule has 0 atom stereocenters.